The van der Waals surface area contributed by atoms with E-state index in [1.165, 1.54) is 0 Å². The summed E-state index contributed by atoms with van der Waals surface area (Å²) in [7, 11) is 0. The highest BCUT2D eigenvalue weighted by Crippen LogP contribution is 2.28. The van der Waals surface area contributed by atoms with E-state index >= 15 is 0 Å². The number of amides is 1. The van der Waals surface area contributed by atoms with Gasteiger partial charge >= 0.3 is 0 Å². The minimum Gasteiger partial charge on any atom is -0.349 e. The lowest BCUT2D eigenvalue weighted by Crippen LogP contribution is -2.39. The van der Waals surface area contributed by atoms with Gasteiger partial charge in [0.25, 0.3) is 0 Å². The number of likely N-dealkylation sites (tertiary alicyclic amines) is 1. The number of carbonyl (C=O) groups is 1. The van der Waals surface area contributed by atoms with Crippen LogP contribution in [0, 0.1) is 0 Å². The lowest BCUT2D eigenvalue weighted by atomic mass is 10.2. The number of nitrogens with one attached hydrogen (secondary N) is 2. The van der Waals surface area contributed by atoms with Crippen LogP contribution in [0.5, 0.6) is 0 Å². The van der Waals surface area contributed by atoms with Gasteiger partial charge in [0.1, 0.15) is 17.5 Å². The molecule has 1 fully saturated rings. The number of pyridine rings is 1. The molecule has 0 unspecified atom stereocenters. The zero-order chi connectivity index (χ0) is 16.5. The summed E-state index contributed by atoms with van der Waals surface area (Å²) in [5.41, 5.74) is 3.21. The number of nitrogens with zero attached hydrogens (tertiary/aromatic N) is 4. The van der Waals surface area contributed by atoms with Gasteiger partial charge in [-0.3, -0.25) is 4.79 Å². The van der Waals surface area contributed by atoms with Crippen LogP contribution in [-0.4, -0.2) is 43.5 Å². The molecule has 24 heavy (non-hydrogen) atoms. The van der Waals surface area contributed by atoms with E-state index in [1.807, 2.05) is 29.3 Å². The van der Waals surface area contributed by atoms with E-state index in [1.54, 1.807) is 19.3 Å². The van der Waals surface area contributed by atoms with Crippen molar-refractivity contribution in [1.29, 1.82) is 0 Å². The molecule has 2 N–H and O–H groups in total. The van der Waals surface area contributed by atoms with Crippen LogP contribution in [-0.2, 0) is 4.79 Å². The third-order valence-electron chi connectivity index (χ3n) is 4.30. The molecule has 4 rings (SSSR count). The van der Waals surface area contributed by atoms with Gasteiger partial charge in [-0.25, -0.2) is 15.0 Å². The van der Waals surface area contributed by atoms with Crippen molar-refractivity contribution < 1.29 is 4.79 Å². The molecule has 3 aromatic heterocycles. The molecule has 0 radical (unpaired) electrons. The maximum atomic E-state index is 11.8. The van der Waals surface area contributed by atoms with Gasteiger partial charge in [-0.05, 0) is 31.0 Å². The van der Waals surface area contributed by atoms with Crippen molar-refractivity contribution in [3.8, 4) is 11.3 Å². The first-order valence-electron chi connectivity index (χ1n) is 8.01. The van der Waals surface area contributed by atoms with Gasteiger partial charge in [-0.1, -0.05) is 0 Å². The molecule has 1 saturated heterocycles. The molecule has 1 amide bonds. The molecule has 0 aliphatic carbocycles. The number of aromatic nitrogens is 4. The van der Waals surface area contributed by atoms with Gasteiger partial charge in [0.05, 0.1) is 11.9 Å². The first kappa shape index (κ1) is 14.6. The normalized spacial score (nSPS) is 17.4. The molecule has 1 atom stereocenters. The van der Waals surface area contributed by atoms with Crippen LogP contribution in [0.2, 0.25) is 0 Å². The molecule has 0 bridgehead atoms. The molecule has 0 aromatic carbocycles. The Labute approximate surface area is 139 Å². The third kappa shape index (κ3) is 2.58. The number of hydrogen-bond donors (Lipinski definition) is 2. The SMILES string of the molecule is CC(=O)N1CCC[C@H]1Nc1ncccc1-c1cnc2[nH]ccc2n1. The second-order valence-corrected chi connectivity index (χ2v) is 5.88. The number of aromatic amines is 1. The highest BCUT2D eigenvalue weighted by molar-refractivity contribution is 5.79. The summed E-state index contributed by atoms with van der Waals surface area (Å²) in [4.78, 5) is 30.1. The van der Waals surface area contributed by atoms with Crippen molar-refractivity contribution >= 4 is 22.9 Å². The second kappa shape index (κ2) is 5.92. The monoisotopic (exact) mass is 322 g/mol. The first-order chi connectivity index (χ1) is 11.7. The van der Waals surface area contributed by atoms with E-state index in [2.05, 4.69) is 25.3 Å². The van der Waals surface area contributed by atoms with Crippen molar-refractivity contribution in [2.75, 3.05) is 11.9 Å². The lowest BCUT2D eigenvalue weighted by Gasteiger charge is -2.25. The fourth-order valence-electron chi connectivity index (χ4n) is 3.14. The van der Waals surface area contributed by atoms with Gasteiger partial charge in [0.2, 0.25) is 5.91 Å². The summed E-state index contributed by atoms with van der Waals surface area (Å²) < 4.78 is 0. The number of hydrogen-bond acceptors (Lipinski definition) is 5. The van der Waals surface area contributed by atoms with E-state index in [0.717, 1.165) is 47.6 Å². The quantitative estimate of drug-likeness (QED) is 0.773. The summed E-state index contributed by atoms with van der Waals surface area (Å²) in [5, 5.41) is 3.40. The average Bonchev–Trinajstić information content (AvgIpc) is 3.23. The summed E-state index contributed by atoms with van der Waals surface area (Å²) in [6, 6.07) is 5.73. The largest absolute Gasteiger partial charge is 0.349 e. The zero-order valence-corrected chi connectivity index (χ0v) is 13.4. The highest BCUT2D eigenvalue weighted by atomic mass is 16.2. The molecule has 0 spiro atoms. The number of anilines is 1. The van der Waals surface area contributed by atoms with Crippen LogP contribution in [0.1, 0.15) is 19.8 Å². The van der Waals surface area contributed by atoms with Crippen LogP contribution < -0.4 is 5.32 Å². The molecule has 122 valence electrons. The van der Waals surface area contributed by atoms with Gasteiger partial charge in [0.15, 0.2) is 5.65 Å². The topological polar surface area (TPSA) is 86.8 Å². The fourth-order valence-corrected chi connectivity index (χ4v) is 3.14. The van der Waals surface area contributed by atoms with Crippen molar-refractivity contribution in [1.82, 2.24) is 24.8 Å². The van der Waals surface area contributed by atoms with Gasteiger partial charge in [-0.2, -0.15) is 0 Å². The summed E-state index contributed by atoms with van der Waals surface area (Å²) in [5.74, 6) is 0.802. The van der Waals surface area contributed by atoms with Crippen LogP contribution in [0.3, 0.4) is 0 Å². The zero-order valence-electron chi connectivity index (χ0n) is 13.4. The Morgan fingerprint density at radius 3 is 3.17 bits per heavy atom. The van der Waals surface area contributed by atoms with Crippen molar-refractivity contribution in [3.05, 3.63) is 36.8 Å². The molecule has 7 nitrogen and oxygen atoms in total. The van der Waals surface area contributed by atoms with Crippen molar-refractivity contribution in [3.63, 3.8) is 0 Å². The first-order valence-corrected chi connectivity index (χ1v) is 8.01. The Morgan fingerprint density at radius 1 is 1.38 bits per heavy atom. The summed E-state index contributed by atoms with van der Waals surface area (Å²) in [6.45, 7) is 2.38. The molecule has 1 aliphatic heterocycles. The summed E-state index contributed by atoms with van der Waals surface area (Å²) >= 11 is 0. The Bertz CT molecular complexity index is 889. The van der Waals surface area contributed by atoms with E-state index in [0.29, 0.717) is 0 Å². The smallest absolute Gasteiger partial charge is 0.221 e. The van der Waals surface area contributed by atoms with Gasteiger partial charge < -0.3 is 15.2 Å². The molecule has 7 heteroatoms. The average molecular weight is 322 g/mol. The number of fused-ring (bicyclic) bond motifs is 1. The van der Waals surface area contributed by atoms with Crippen LogP contribution >= 0.6 is 0 Å². The van der Waals surface area contributed by atoms with Crippen LogP contribution in [0.4, 0.5) is 5.82 Å². The Kier molecular flexibility index (Phi) is 3.60. The number of H-pyrrole nitrogens is 1. The fraction of sp³-hybridized carbons (Fsp3) is 0.294. The Hall–Kier alpha value is -2.96. The molecule has 3 aromatic rings. The Morgan fingerprint density at radius 2 is 2.29 bits per heavy atom. The second-order valence-electron chi connectivity index (χ2n) is 5.88. The highest BCUT2D eigenvalue weighted by Gasteiger charge is 2.27. The standard InChI is InChI=1S/C17H18N6O/c1-11(24)23-9-3-5-15(23)22-16-12(4-2-7-18-16)14-10-20-17-13(21-14)6-8-19-17/h2,4,6-8,10,15H,3,5,9H2,1H3,(H,18,22)(H,19,20)/t15-/m0/s1. The molecular formula is C17H18N6O. The number of rotatable bonds is 3. The minimum atomic E-state index is -0.0277. The predicted octanol–water partition coefficient (Wildman–Crippen LogP) is 2.40. The van der Waals surface area contributed by atoms with Crippen molar-refractivity contribution in [2.45, 2.75) is 25.9 Å². The van der Waals surface area contributed by atoms with Crippen LogP contribution in [0.25, 0.3) is 22.4 Å². The predicted molar refractivity (Wildman–Crippen MR) is 91.2 cm³/mol. The van der Waals surface area contributed by atoms with E-state index in [9.17, 15) is 4.79 Å². The van der Waals surface area contributed by atoms with Crippen molar-refractivity contribution in [2.24, 2.45) is 0 Å². The maximum absolute atomic E-state index is 11.8. The third-order valence-corrected chi connectivity index (χ3v) is 4.30. The van der Waals surface area contributed by atoms with E-state index < -0.39 is 0 Å². The van der Waals surface area contributed by atoms with E-state index in [-0.39, 0.29) is 12.1 Å². The molecule has 1 aliphatic rings. The Balaban J connectivity index is 1.68. The van der Waals surface area contributed by atoms with E-state index in [4.69, 9.17) is 0 Å². The van der Waals surface area contributed by atoms with Gasteiger partial charge in [-0.15, -0.1) is 0 Å². The van der Waals surface area contributed by atoms with Crippen LogP contribution in [0.15, 0.2) is 36.8 Å². The van der Waals surface area contributed by atoms with Gasteiger partial charge in [0, 0.05) is 31.4 Å². The molecule has 0 saturated carbocycles. The number of carbonyl (C=O) groups excluding carboxylic acids is 1. The molecule has 4 heterocycles. The molecular weight excluding hydrogens is 304 g/mol. The minimum absolute atomic E-state index is 0.0277. The maximum Gasteiger partial charge on any atom is 0.221 e. The summed E-state index contributed by atoms with van der Waals surface area (Å²) in [6.07, 6.45) is 7.17. The lowest BCUT2D eigenvalue weighted by molar-refractivity contribution is -0.129.